The number of rotatable bonds is 6. The molecule has 0 aromatic carbocycles. The third-order valence-electron chi connectivity index (χ3n) is 3.93. The van der Waals surface area contributed by atoms with Gasteiger partial charge in [0.15, 0.2) is 0 Å². The van der Waals surface area contributed by atoms with Crippen LogP contribution in [0.1, 0.15) is 32.3 Å². The smallest absolute Gasteiger partial charge is 0.0270 e. The Bertz CT molecular complexity index is 315. The minimum absolute atomic E-state index is 0.623. The molecule has 1 aliphatic rings. The Balaban J connectivity index is 1.66. The molecular weight excluding hydrogens is 196 g/mol. The molecule has 0 radical (unpaired) electrons. The lowest BCUT2D eigenvalue weighted by molar-refractivity contribution is 0.339. The van der Waals surface area contributed by atoms with Gasteiger partial charge in [0.25, 0.3) is 0 Å². The van der Waals surface area contributed by atoms with Gasteiger partial charge >= 0.3 is 0 Å². The third-order valence-corrected chi connectivity index (χ3v) is 3.93. The lowest BCUT2D eigenvalue weighted by Crippen LogP contribution is -2.29. The van der Waals surface area contributed by atoms with Gasteiger partial charge in [-0.3, -0.25) is 4.98 Å². The van der Waals surface area contributed by atoms with Crippen LogP contribution in [-0.4, -0.2) is 18.1 Å². The molecule has 2 rings (SSSR count). The quantitative estimate of drug-likeness (QED) is 0.743. The molecule has 0 saturated heterocycles. The summed E-state index contributed by atoms with van der Waals surface area (Å²) in [6.45, 7) is 6.96. The highest BCUT2D eigenvalue weighted by molar-refractivity contribution is 5.10. The van der Waals surface area contributed by atoms with Crippen molar-refractivity contribution in [2.45, 2.75) is 33.1 Å². The Morgan fingerprint density at radius 1 is 1.31 bits per heavy atom. The van der Waals surface area contributed by atoms with E-state index in [4.69, 9.17) is 0 Å². The Labute approximate surface area is 98.5 Å². The Hall–Kier alpha value is -0.890. The first-order valence-electron chi connectivity index (χ1n) is 6.33. The number of nitrogens with one attached hydrogen (secondary N) is 1. The summed E-state index contributed by atoms with van der Waals surface area (Å²) in [7, 11) is 0. The van der Waals surface area contributed by atoms with Gasteiger partial charge in [0, 0.05) is 18.9 Å². The SMILES string of the molecule is CC(C)C1(CNCCc2ccncc2)CC1. The second-order valence-corrected chi connectivity index (χ2v) is 5.30. The number of hydrogen-bond donors (Lipinski definition) is 1. The molecule has 1 saturated carbocycles. The van der Waals surface area contributed by atoms with Crippen LogP contribution in [0.4, 0.5) is 0 Å². The monoisotopic (exact) mass is 218 g/mol. The van der Waals surface area contributed by atoms with Gasteiger partial charge in [0.2, 0.25) is 0 Å². The molecule has 1 fully saturated rings. The zero-order valence-electron chi connectivity index (χ0n) is 10.4. The fourth-order valence-electron chi connectivity index (χ4n) is 2.24. The first-order valence-corrected chi connectivity index (χ1v) is 6.33. The number of pyridine rings is 1. The van der Waals surface area contributed by atoms with Crippen LogP contribution in [0.2, 0.25) is 0 Å². The maximum absolute atomic E-state index is 4.03. The van der Waals surface area contributed by atoms with E-state index in [2.05, 4.69) is 36.3 Å². The van der Waals surface area contributed by atoms with Crippen molar-refractivity contribution in [2.24, 2.45) is 11.3 Å². The zero-order chi connectivity index (χ0) is 11.4. The van der Waals surface area contributed by atoms with E-state index in [0.29, 0.717) is 5.41 Å². The van der Waals surface area contributed by atoms with Crippen molar-refractivity contribution in [1.82, 2.24) is 10.3 Å². The van der Waals surface area contributed by atoms with Gasteiger partial charge in [-0.1, -0.05) is 13.8 Å². The van der Waals surface area contributed by atoms with E-state index in [-0.39, 0.29) is 0 Å². The van der Waals surface area contributed by atoms with Crippen molar-refractivity contribution in [3.05, 3.63) is 30.1 Å². The van der Waals surface area contributed by atoms with Gasteiger partial charge in [0.05, 0.1) is 0 Å². The van der Waals surface area contributed by atoms with E-state index < -0.39 is 0 Å². The summed E-state index contributed by atoms with van der Waals surface area (Å²) in [6, 6.07) is 4.19. The summed E-state index contributed by atoms with van der Waals surface area (Å²) in [6.07, 6.45) is 7.66. The molecule has 1 aromatic rings. The van der Waals surface area contributed by atoms with Gasteiger partial charge in [0.1, 0.15) is 0 Å². The van der Waals surface area contributed by atoms with Crippen molar-refractivity contribution >= 4 is 0 Å². The van der Waals surface area contributed by atoms with Gasteiger partial charge in [-0.25, -0.2) is 0 Å². The van der Waals surface area contributed by atoms with E-state index in [1.54, 1.807) is 0 Å². The van der Waals surface area contributed by atoms with Crippen molar-refractivity contribution in [1.29, 1.82) is 0 Å². The molecule has 1 N–H and O–H groups in total. The van der Waals surface area contributed by atoms with Crippen LogP contribution in [-0.2, 0) is 6.42 Å². The molecular formula is C14H22N2. The fraction of sp³-hybridized carbons (Fsp3) is 0.643. The molecule has 0 bridgehead atoms. The third kappa shape index (κ3) is 2.82. The van der Waals surface area contributed by atoms with Crippen LogP contribution in [0.25, 0.3) is 0 Å². The van der Waals surface area contributed by atoms with Crippen molar-refractivity contribution in [3.8, 4) is 0 Å². The fourth-order valence-corrected chi connectivity index (χ4v) is 2.24. The number of hydrogen-bond acceptors (Lipinski definition) is 2. The second-order valence-electron chi connectivity index (χ2n) is 5.30. The number of aromatic nitrogens is 1. The average Bonchev–Trinajstić information content (AvgIpc) is 3.07. The van der Waals surface area contributed by atoms with Crippen molar-refractivity contribution < 1.29 is 0 Å². The van der Waals surface area contributed by atoms with Crippen LogP contribution >= 0.6 is 0 Å². The first kappa shape index (κ1) is 11.6. The summed E-state index contributed by atoms with van der Waals surface area (Å²) in [4.78, 5) is 4.03. The summed E-state index contributed by atoms with van der Waals surface area (Å²) in [5, 5.41) is 3.60. The van der Waals surface area contributed by atoms with Gasteiger partial charge < -0.3 is 5.32 Å². The molecule has 1 aliphatic carbocycles. The van der Waals surface area contributed by atoms with E-state index in [9.17, 15) is 0 Å². The molecule has 0 spiro atoms. The van der Waals surface area contributed by atoms with Gasteiger partial charge in [-0.2, -0.15) is 0 Å². The van der Waals surface area contributed by atoms with Crippen LogP contribution in [0.3, 0.4) is 0 Å². The molecule has 1 heterocycles. The molecule has 16 heavy (non-hydrogen) atoms. The lowest BCUT2D eigenvalue weighted by Gasteiger charge is -2.20. The predicted octanol–water partition coefficient (Wildman–Crippen LogP) is 2.65. The summed E-state index contributed by atoms with van der Waals surface area (Å²) in [5.74, 6) is 0.820. The normalized spacial score (nSPS) is 17.7. The Morgan fingerprint density at radius 2 is 2.00 bits per heavy atom. The molecule has 2 heteroatoms. The van der Waals surface area contributed by atoms with E-state index >= 15 is 0 Å². The van der Waals surface area contributed by atoms with Crippen LogP contribution in [0.5, 0.6) is 0 Å². The summed E-state index contributed by atoms with van der Waals surface area (Å²) < 4.78 is 0. The molecule has 0 amide bonds. The van der Waals surface area contributed by atoms with E-state index in [1.807, 2.05) is 12.4 Å². The van der Waals surface area contributed by atoms with Crippen LogP contribution in [0, 0.1) is 11.3 Å². The highest BCUT2D eigenvalue weighted by atomic mass is 14.9. The first-order chi connectivity index (χ1) is 7.73. The van der Waals surface area contributed by atoms with Gasteiger partial charge in [-0.15, -0.1) is 0 Å². The Morgan fingerprint density at radius 3 is 2.56 bits per heavy atom. The van der Waals surface area contributed by atoms with E-state index in [1.165, 1.54) is 24.9 Å². The topological polar surface area (TPSA) is 24.9 Å². The van der Waals surface area contributed by atoms with Crippen molar-refractivity contribution in [2.75, 3.05) is 13.1 Å². The zero-order valence-corrected chi connectivity index (χ0v) is 10.4. The Kier molecular flexibility index (Phi) is 3.59. The van der Waals surface area contributed by atoms with Crippen molar-refractivity contribution in [3.63, 3.8) is 0 Å². The van der Waals surface area contributed by atoms with Crippen LogP contribution in [0.15, 0.2) is 24.5 Å². The maximum Gasteiger partial charge on any atom is 0.0270 e. The lowest BCUT2D eigenvalue weighted by atomic mass is 9.92. The predicted molar refractivity (Wildman–Crippen MR) is 67.3 cm³/mol. The summed E-state index contributed by atoms with van der Waals surface area (Å²) in [5.41, 5.74) is 2.00. The molecule has 2 nitrogen and oxygen atoms in total. The minimum Gasteiger partial charge on any atom is -0.316 e. The molecule has 1 aromatic heterocycles. The van der Waals surface area contributed by atoms with E-state index in [0.717, 1.165) is 18.9 Å². The minimum atomic E-state index is 0.623. The standard InChI is InChI=1S/C14H22N2/c1-12(2)14(6-7-14)11-16-10-5-13-3-8-15-9-4-13/h3-4,8-9,12,16H,5-7,10-11H2,1-2H3. The largest absolute Gasteiger partial charge is 0.316 e. The second kappa shape index (κ2) is 4.96. The highest BCUT2D eigenvalue weighted by Crippen LogP contribution is 2.51. The summed E-state index contributed by atoms with van der Waals surface area (Å²) >= 11 is 0. The highest BCUT2D eigenvalue weighted by Gasteiger charge is 2.44. The van der Waals surface area contributed by atoms with Gasteiger partial charge in [-0.05, 0) is 54.8 Å². The molecule has 88 valence electrons. The molecule has 0 atom stereocenters. The molecule has 0 unspecified atom stereocenters. The van der Waals surface area contributed by atoms with Crippen LogP contribution < -0.4 is 5.32 Å². The maximum atomic E-state index is 4.03. The average molecular weight is 218 g/mol. The number of nitrogens with zero attached hydrogens (tertiary/aromatic N) is 1. The molecule has 0 aliphatic heterocycles.